The van der Waals surface area contributed by atoms with E-state index in [1.165, 1.54) is 24.3 Å². The molecule has 0 saturated carbocycles. The highest BCUT2D eigenvalue weighted by molar-refractivity contribution is 9.09. The van der Waals surface area contributed by atoms with Gasteiger partial charge in [-0.1, -0.05) is 46.3 Å². The first-order valence-corrected chi connectivity index (χ1v) is 6.34. The summed E-state index contributed by atoms with van der Waals surface area (Å²) < 4.78 is 12.7. The number of anilines is 1. The van der Waals surface area contributed by atoms with E-state index in [4.69, 9.17) is 0 Å². The van der Waals surface area contributed by atoms with Crippen molar-refractivity contribution >= 4 is 27.5 Å². The van der Waals surface area contributed by atoms with Gasteiger partial charge in [0.1, 0.15) is 10.6 Å². The van der Waals surface area contributed by atoms with Crippen LogP contribution in [0.3, 0.4) is 0 Å². The van der Waals surface area contributed by atoms with Gasteiger partial charge in [-0.25, -0.2) is 4.39 Å². The lowest BCUT2D eigenvalue weighted by molar-refractivity contribution is -0.115. The Bertz CT molecular complexity index is 527. The molecule has 2 aromatic carbocycles. The monoisotopic (exact) mass is 307 g/mol. The Morgan fingerprint density at radius 3 is 2.28 bits per heavy atom. The summed E-state index contributed by atoms with van der Waals surface area (Å²) in [4.78, 5) is 11.5. The Balaban J connectivity index is 2.06. The van der Waals surface area contributed by atoms with Crippen LogP contribution >= 0.6 is 15.9 Å². The van der Waals surface area contributed by atoms with Gasteiger partial charge in [0.25, 0.3) is 0 Å². The van der Waals surface area contributed by atoms with Gasteiger partial charge in [-0.15, -0.1) is 0 Å². The third-order valence-corrected chi connectivity index (χ3v) is 3.38. The minimum Gasteiger partial charge on any atom is -0.325 e. The van der Waals surface area contributed by atoms with E-state index in [2.05, 4.69) is 21.2 Å². The lowest BCUT2D eigenvalue weighted by Gasteiger charge is -2.11. The molecule has 18 heavy (non-hydrogen) atoms. The molecule has 1 unspecified atom stereocenters. The van der Waals surface area contributed by atoms with E-state index in [9.17, 15) is 9.18 Å². The van der Waals surface area contributed by atoms with Crippen molar-refractivity contribution in [3.05, 3.63) is 66.0 Å². The van der Waals surface area contributed by atoms with Crippen LogP contribution in [0.4, 0.5) is 10.1 Å². The maximum atomic E-state index is 12.7. The largest absolute Gasteiger partial charge is 0.325 e. The van der Waals surface area contributed by atoms with Crippen LogP contribution in [0.25, 0.3) is 0 Å². The van der Waals surface area contributed by atoms with Crippen molar-refractivity contribution in [3.63, 3.8) is 0 Å². The van der Waals surface area contributed by atoms with E-state index in [1.807, 2.05) is 30.3 Å². The molecule has 1 atom stereocenters. The van der Waals surface area contributed by atoms with Crippen LogP contribution in [0.1, 0.15) is 10.4 Å². The van der Waals surface area contributed by atoms with Gasteiger partial charge in [0.05, 0.1) is 0 Å². The smallest absolute Gasteiger partial charge is 0.242 e. The maximum absolute atomic E-state index is 12.7. The van der Waals surface area contributed by atoms with Gasteiger partial charge in [0.15, 0.2) is 0 Å². The fraction of sp³-hybridized carbons (Fsp3) is 0.0714. The summed E-state index contributed by atoms with van der Waals surface area (Å²) in [5, 5.41) is 2.71. The lowest BCUT2D eigenvalue weighted by atomic mass is 10.1. The molecule has 2 rings (SSSR count). The van der Waals surface area contributed by atoms with Gasteiger partial charge in [0, 0.05) is 5.69 Å². The van der Waals surface area contributed by atoms with Gasteiger partial charge in [0.2, 0.25) is 5.91 Å². The van der Waals surface area contributed by atoms with Crippen LogP contribution in [0.5, 0.6) is 0 Å². The highest BCUT2D eigenvalue weighted by atomic mass is 79.9. The zero-order chi connectivity index (χ0) is 13.0. The molecule has 0 spiro atoms. The van der Waals surface area contributed by atoms with Crippen molar-refractivity contribution in [2.24, 2.45) is 0 Å². The normalized spacial score (nSPS) is 11.9. The lowest BCUT2D eigenvalue weighted by Crippen LogP contribution is -2.16. The SMILES string of the molecule is O=C(Nc1ccc(F)cc1)C(Br)c1ccccc1. The van der Waals surface area contributed by atoms with Crippen LogP contribution in [0.15, 0.2) is 54.6 Å². The predicted octanol–water partition coefficient (Wildman–Crippen LogP) is 3.90. The summed E-state index contributed by atoms with van der Waals surface area (Å²) >= 11 is 3.34. The summed E-state index contributed by atoms with van der Waals surface area (Å²) in [5.74, 6) is -0.515. The number of hydrogen-bond donors (Lipinski definition) is 1. The van der Waals surface area contributed by atoms with E-state index in [1.54, 1.807) is 0 Å². The average molecular weight is 308 g/mol. The molecule has 0 bridgehead atoms. The fourth-order valence-corrected chi connectivity index (χ4v) is 1.93. The molecule has 0 saturated heterocycles. The topological polar surface area (TPSA) is 29.1 Å². The molecule has 0 fully saturated rings. The molecule has 0 aliphatic rings. The molecule has 2 aromatic rings. The Hall–Kier alpha value is -1.68. The number of hydrogen-bond acceptors (Lipinski definition) is 1. The summed E-state index contributed by atoms with van der Waals surface area (Å²) in [5.41, 5.74) is 1.44. The van der Waals surface area contributed by atoms with E-state index in [-0.39, 0.29) is 11.7 Å². The maximum Gasteiger partial charge on any atom is 0.242 e. The first-order valence-electron chi connectivity index (χ1n) is 5.42. The van der Waals surface area contributed by atoms with Crippen molar-refractivity contribution < 1.29 is 9.18 Å². The Labute approximate surface area is 113 Å². The second-order valence-electron chi connectivity index (χ2n) is 3.77. The molecule has 0 radical (unpaired) electrons. The highest BCUT2D eigenvalue weighted by Gasteiger charge is 2.16. The van der Waals surface area contributed by atoms with E-state index < -0.39 is 4.83 Å². The van der Waals surface area contributed by atoms with Crippen molar-refractivity contribution in [3.8, 4) is 0 Å². The zero-order valence-electron chi connectivity index (χ0n) is 9.44. The minimum absolute atomic E-state index is 0.187. The molecule has 2 nitrogen and oxygen atoms in total. The van der Waals surface area contributed by atoms with Crippen LogP contribution < -0.4 is 5.32 Å². The quantitative estimate of drug-likeness (QED) is 0.856. The molecule has 92 valence electrons. The molecular weight excluding hydrogens is 297 g/mol. The number of carbonyl (C=O) groups is 1. The summed E-state index contributed by atoms with van der Waals surface area (Å²) in [6, 6.07) is 15.0. The van der Waals surface area contributed by atoms with Gasteiger partial charge < -0.3 is 5.32 Å². The Morgan fingerprint density at radius 2 is 1.67 bits per heavy atom. The standard InChI is InChI=1S/C14H11BrFNO/c15-13(10-4-2-1-3-5-10)14(18)17-12-8-6-11(16)7-9-12/h1-9,13H,(H,17,18). The molecule has 0 aliphatic carbocycles. The average Bonchev–Trinajstić information content (AvgIpc) is 2.41. The van der Waals surface area contributed by atoms with Crippen LogP contribution in [-0.2, 0) is 4.79 Å². The van der Waals surface area contributed by atoms with Gasteiger partial charge in [-0.3, -0.25) is 4.79 Å². The number of nitrogens with one attached hydrogen (secondary N) is 1. The number of benzene rings is 2. The molecule has 4 heteroatoms. The second kappa shape index (κ2) is 5.78. The van der Waals surface area contributed by atoms with E-state index in [0.717, 1.165) is 5.56 Å². The first kappa shape index (κ1) is 12.8. The van der Waals surface area contributed by atoms with Gasteiger partial charge in [-0.2, -0.15) is 0 Å². The van der Waals surface area contributed by atoms with Gasteiger partial charge in [-0.05, 0) is 29.8 Å². The summed E-state index contributed by atoms with van der Waals surface area (Å²) in [6.07, 6.45) is 0. The number of halogens is 2. The summed E-state index contributed by atoms with van der Waals surface area (Å²) in [7, 11) is 0. The highest BCUT2D eigenvalue weighted by Crippen LogP contribution is 2.24. The first-order chi connectivity index (χ1) is 8.66. The van der Waals surface area contributed by atoms with Crippen LogP contribution in [0.2, 0.25) is 0 Å². The number of alkyl halides is 1. The predicted molar refractivity (Wildman–Crippen MR) is 73.1 cm³/mol. The van der Waals surface area contributed by atoms with Crippen molar-refractivity contribution in [2.45, 2.75) is 4.83 Å². The molecular formula is C14H11BrFNO. The van der Waals surface area contributed by atoms with Gasteiger partial charge >= 0.3 is 0 Å². The molecule has 1 N–H and O–H groups in total. The second-order valence-corrected chi connectivity index (χ2v) is 4.69. The van der Waals surface area contributed by atoms with Crippen LogP contribution in [-0.4, -0.2) is 5.91 Å². The van der Waals surface area contributed by atoms with Crippen molar-refractivity contribution in [2.75, 3.05) is 5.32 Å². The molecule has 0 heterocycles. The Morgan fingerprint density at radius 1 is 1.06 bits per heavy atom. The van der Waals surface area contributed by atoms with E-state index >= 15 is 0 Å². The Kier molecular flexibility index (Phi) is 4.10. The molecule has 0 aliphatic heterocycles. The minimum atomic E-state index is -0.427. The zero-order valence-corrected chi connectivity index (χ0v) is 11.0. The third kappa shape index (κ3) is 3.17. The van der Waals surface area contributed by atoms with E-state index in [0.29, 0.717) is 5.69 Å². The molecule has 0 aromatic heterocycles. The number of rotatable bonds is 3. The summed E-state index contributed by atoms with van der Waals surface area (Å²) in [6.45, 7) is 0. The number of carbonyl (C=O) groups excluding carboxylic acids is 1. The van der Waals surface area contributed by atoms with Crippen LogP contribution in [0, 0.1) is 5.82 Å². The van der Waals surface area contributed by atoms with Crippen molar-refractivity contribution in [1.29, 1.82) is 0 Å². The third-order valence-electron chi connectivity index (χ3n) is 2.43. The van der Waals surface area contributed by atoms with Crippen molar-refractivity contribution in [1.82, 2.24) is 0 Å². The molecule has 1 amide bonds. The fourth-order valence-electron chi connectivity index (χ4n) is 1.51. The number of amides is 1.